The monoisotopic (exact) mass is 352 g/mol. The van der Waals surface area contributed by atoms with Gasteiger partial charge in [0.1, 0.15) is 5.82 Å². The zero-order chi connectivity index (χ0) is 17.3. The molecule has 4 nitrogen and oxygen atoms in total. The van der Waals surface area contributed by atoms with Crippen LogP contribution in [-0.4, -0.2) is 51.4 Å². The molecule has 2 aliphatic rings. The molecule has 0 heterocycles. The summed E-state index contributed by atoms with van der Waals surface area (Å²) in [4.78, 5) is 2.15. The number of sulfonamides is 1. The van der Waals surface area contributed by atoms with Gasteiger partial charge in [0.15, 0.2) is 0 Å². The van der Waals surface area contributed by atoms with E-state index in [0.717, 1.165) is 12.8 Å². The second-order valence-corrected chi connectivity index (χ2v) is 9.10. The number of fused-ring (bicyclic) bond motifs is 2. The van der Waals surface area contributed by atoms with Crippen LogP contribution in [0.1, 0.15) is 12.8 Å². The molecule has 3 rings (SSSR count). The van der Waals surface area contributed by atoms with E-state index < -0.39 is 15.8 Å². The lowest BCUT2D eigenvalue weighted by Crippen LogP contribution is -2.40. The lowest BCUT2D eigenvalue weighted by molar-refractivity contribution is 0.282. The van der Waals surface area contributed by atoms with Crippen LogP contribution >= 0.6 is 0 Å². The van der Waals surface area contributed by atoms with Gasteiger partial charge in [-0.05, 0) is 69.0 Å². The summed E-state index contributed by atoms with van der Waals surface area (Å²) in [5.74, 6) is 1.08. The van der Waals surface area contributed by atoms with Gasteiger partial charge in [0, 0.05) is 19.6 Å². The lowest BCUT2D eigenvalue weighted by atomic mass is 9.94. The molecule has 6 heteroatoms. The first-order chi connectivity index (χ1) is 11.4. The predicted molar refractivity (Wildman–Crippen MR) is 92.6 cm³/mol. The molecule has 0 aromatic heterocycles. The van der Waals surface area contributed by atoms with Gasteiger partial charge in [0.25, 0.3) is 0 Å². The Morgan fingerprint density at radius 2 is 1.79 bits per heavy atom. The highest BCUT2D eigenvalue weighted by Gasteiger charge is 2.38. The first-order valence-corrected chi connectivity index (χ1v) is 9.89. The summed E-state index contributed by atoms with van der Waals surface area (Å²) in [6.45, 7) is 1.65. The molecule has 0 radical (unpaired) electrons. The van der Waals surface area contributed by atoms with Crippen LogP contribution < -0.4 is 0 Å². The summed E-state index contributed by atoms with van der Waals surface area (Å²) in [6.07, 6.45) is 6.73. The highest BCUT2D eigenvalue weighted by Crippen LogP contribution is 2.44. The molecule has 3 atom stereocenters. The SMILES string of the molecule is CN(C)CCN(CC1CC2C=CC1C2)S(=O)(=O)c1ccc(F)cc1. The standard InChI is InChI=1S/C18H25FN2O2S/c1-20(2)9-10-21(13-16-12-14-3-4-15(16)11-14)24(22,23)18-7-5-17(19)6-8-18/h3-8,14-16H,9-13H2,1-2H3. The van der Waals surface area contributed by atoms with Crippen LogP contribution in [0.5, 0.6) is 0 Å². The van der Waals surface area contributed by atoms with Crippen molar-refractivity contribution in [3.05, 3.63) is 42.2 Å². The van der Waals surface area contributed by atoms with Crippen molar-refractivity contribution in [1.29, 1.82) is 0 Å². The number of nitrogens with zero attached hydrogens (tertiary/aromatic N) is 2. The lowest BCUT2D eigenvalue weighted by Gasteiger charge is -2.29. The summed E-state index contributed by atoms with van der Waals surface area (Å²) < 4.78 is 40.8. The van der Waals surface area contributed by atoms with Gasteiger partial charge in [0.2, 0.25) is 10.0 Å². The number of allylic oxidation sites excluding steroid dienone is 2. The van der Waals surface area contributed by atoms with Crippen molar-refractivity contribution in [1.82, 2.24) is 9.21 Å². The maximum Gasteiger partial charge on any atom is 0.243 e. The van der Waals surface area contributed by atoms with Crippen LogP contribution in [0, 0.1) is 23.6 Å². The van der Waals surface area contributed by atoms with Crippen molar-refractivity contribution in [2.75, 3.05) is 33.7 Å². The molecule has 1 aromatic carbocycles. The van der Waals surface area contributed by atoms with E-state index in [0.29, 0.717) is 37.4 Å². The smallest absolute Gasteiger partial charge is 0.243 e. The largest absolute Gasteiger partial charge is 0.308 e. The summed E-state index contributed by atoms with van der Waals surface area (Å²) in [7, 11) is 0.265. The van der Waals surface area contributed by atoms with Crippen LogP contribution in [0.2, 0.25) is 0 Å². The molecule has 24 heavy (non-hydrogen) atoms. The second-order valence-electron chi connectivity index (χ2n) is 7.16. The van der Waals surface area contributed by atoms with Gasteiger partial charge in [-0.1, -0.05) is 12.2 Å². The molecule has 0 amide bonds. The van der Waals surface area contributed by atoms with Crippen molar-refractivity contribution >= 4 is 10.0 Å². The fourth-order valence-corrected chi connectivity index (χ4v) is 5.23. The number of rotatable bonds is 7. The Kier molecular flexibility index (Phi) is 5.08. The topological polar surface area (TPSA) is 40.6 Å². The molecule has 132 valence electrons. The molecule has 1 aromatic rings. The van der Waals surface area contributed by atoms with E-state index in [4.69, 9.17) is 0 Å². The zero-order valence-electron chi connectivity index (χ0n) is 14.2. The van der Waals surface area contributed by atoms with Gasteiger partial charge >= 0.3 is 0 Å². The number of hydrogen-bond acceptors (Lipinski definition) is 3. The molecule has 0 spiro atoms. The number of likely N-dealkylation sites (N-methyl/N-ethyl adjacent to an activating group) is 1. The van der Waals surface area contributed by atoms with Crippen molar-refractivity contribution in [3.8, 4) is 0 Å². The highest BCUT2D eigenvalue weighted by atomic mass is 32.2. The van der Waals surface area contributed by atoms with E-state index in [2.05, 4.69) is 12.2 Å². The van der Waals surface area contributed by atoms with Gasteiger partial charge in [-0.2, -0.15) is 4.31 Å². The third-order valence-electron chi connectivity index (χ3n) is 5.10. The minimum Gasteiger partial charge on any atom is -0.308 e. The second kappa shape index (κ2) is 6.94. The minimum absolute atomic E-state index is 0.168. The van der Waals surface area contributed by atoms with Gasteiger partial charge in [-0.3, -0.25) is 0 Å². The molecular weight excluding hydrogens is 327 g/mol. The van der Waals surface area contributed by atoms with Crippen molar-refractivity contribution in [3.63, 3.8) is 0 Å². The molecule has 2 bridgehead atoms. The summed E-state index contributed by atoms with van der Waals surface area (Å²) in [5.41, 5.74) is 0. The highest BCUT2D eigenvalue weighted by molar-refractivity contribution is 7.89. The maximum atomic E-state index is 13.1. The molecular formula is C18H25FN2O2S. The fraction of sp³-hybridized carbons (Fsp3) is 0.556. The van der Waals surface area contributed by atoms with Crippen LogP contribution in [0.15, 0.2) is 41.3 Å². The predicted octanol–water partition coefficient (Wildman–Crippen LogP) is 2.59. The van der Waals surface area contributed by atoms with Gasteiger partial charge in [0.05, 0.1) is 4.90 Å². The average Bonchev–Trinajstić information content (AvgIpc) is 3.14. The Morgan fingerprint density at radius 3 is 2.33 bits per heavy atom. The first kappa shape index (κ1) is 17.6. The quantitative estimate of drug-likeness (QED) is 0.708. The van der Waals surface area contributed by atoms with E-state index in [1.807, 2.05) is 19.0 Å². The van der Waals surface area contributed by atoms with Gasteiger partial charge < -0.3 is 4.90 Å². The number of hydrogen-bond donors (Lipinski definition) is 0. The van der Waals surface area contributed by atoms with E-state index in [1.54, 1.807) is 4.31 Å². The van der Waals surface area contributed by atoms with Crippen LogP contribution in [0.3, 0.4) is 0 Å². The molecule has 3 unspecified atom stereocenters. The molecule has 0 N–H and O–H groups in total. The average molecular weight is 352 g/mol. The number of halogens is 1. The molecule has 1 fully saturated rings. The summed E-state index contributed by atoms with van der Waals surface area (Å²) in [6, 6.07) is 5.12. The van der Waals surface area contributed by atoms with E-state index in [9.17, 15) is 12.8 Å². The van der Waals surface area contributed by atoms with Crippen molar-refractivity contribution in [2.45, 2.75) is 17.7 Å². The molecule has 1 saturated carbocycles. The van der Waals surface area contributed by atoms with Crippen molar-refractivity contribution in [2.24, 2.45) is 17.8 Å². The number of benzene rings is 1. The van der Waals surface area contributed by atoms with Crippen LogP contribution in [-0.2, 0) is 10.0 Å². The Balaban J connectivity index is 1.80. The molecule has 0 saturated heterocycles. The minimum atomic E-state index is -3.60. The van der Waals surface area contributed by atoms with Crippen molar-refractivity contribution < 1.29 is 12.8 Å². The van der Waals surface area contributed by atoms with Crippen LogP contribution in [0.25, 0.3) is 0 Å². The normalized spacial score (nSPS) is 26.0. The Bertz CT molecular complexity index is 700. The van der Waals surface area contributed by atoms with Gasteiger partial charge in [-0.25, -0.2) is 12.8 Å². The van der Waals surface area contributed by atoms with E-state index in [-0.39, 0.29) is 4.90 Å². The maximum absolute atomic E-state index is 13.1. The summed E-state index contributed by atoms with van der Waals surface area (Å²) >= 11 is 0. The Labute approximate surface area is 144 Å². The van der Waals surface area contributed by atoms with E-state index in [1.165, 1.54) is 24.3 Å². The molecule has 0 aliphatic heterocycles. The third-order valence-corrected chi connectivity index (χ3v) is 6.98. The van der Waals surface area contributed by atoms with Gasteiger partial charge in [-0.15, -0.1) is 0 Å². The third kappa shape index (κ3) is 3.71. The fourth-order valence-electron chi connectivity index (χ4n) is 3.74. The zero-order valence-corrected chi connectivity index (χ0v) is 15.0. The van der Waals surface area contributed by atoms with E-state index >= 15 is 0 Å². The Hall–Kier alpha value is -1.24. The molecule has 2 aliphatic carbocycles. The summed E-state index contributed by atoms with van der Waals surface area (Å²) in [5, 5.41) is 0. The first-order valence-electron chi connectivity index (χ1n) is 8.45. The Morgan fingerprint density at radius 1 is 1.08 bits per heavy atom. The van der Waals surface area contributed by atoms with Crippen LogP contribution in [0.4, 0.5) is 4.39 Å².